The number of likely N-dealkylation sites (N-methyl/N-ethyl adjacent to an activating group) is 2. The van der Waals surface area contributed by atoms with Gasteiger partial charge in [-0.15, -0.1) is 0 Å². The molecule has 0 spiro atoms. The number of halogens is 2. The van der Waals surface area contributed by atoms with E-state index in [1.54, 1.807) is 50.5 Å². The van der Waals surface area contributed by atoms with Crippen LogP contribution in [0.4, 0.5) is 4.39 Å². The first-order valence-corrected chi connectivity index (χ1v) is 8.16. The normalized spacial score (nSPS) is 13.4. The minimum atomic E-state index is -0.468. The molecule has 25 heavy (non-hydrogen) atoms. The number of rotatable bonds is 6. The molecule has 2 unspecified atom stereocenters. The van der Waals surface area contributed by atoms with Crippen molar-refractivity contribution in [1.82, 2.24) is 15.7 Å². The number of nitrogens with one attached hydrogen (secondary N) is 2. The van der Waals surface area contributed by atoms with Crippen LogP contribution in [0.5, 0.6) is 0 Å². The molecule has 7 heteroatoms. The van der Waals surface area contributed by atoms with Gasteiger partial charge in [0.1, 0.15) is 12.0 Å². The highest BCUT2D eigenvalue weighted by Crippen LogP contribution is 2.25. The molecule has 5 nitrogen and oxygen atoms in total. The van der Waals surface area contributed by atoms with Crippen LogP contribution in [-0.2, 0) is 0 Å². The number of hydrogen-bond donors (Lipinski definition) is 3. The fourth-order valence-electron chi connectivity index (χ4n) is 2.51. The van der Waals surface area contributed by atoms with Crippen LogP contribution in [0.2, 0.25) is 5.02 Å². The first kappa shape index (κ1) is 19.3. The summed E-state index contributed by atoms with van der Waals surface area (Å²) in [7, 11) is 3.35. The predicted molar refractivity (Wildman–Crippen MR) is 96.2 cm³/mol. The quantitative estimate of drug-likeness (QED) is 0.543. The van der Waals surface area contributed by atoms with E-state index in [1.165, 1.54) is 11.0 Å². The van der Waals surface area contributed by atoms with Crippen molar-refractivity contribution in [3.63, 3.8) is 0 Å². The molecule has 0 saturated heterocycles. The van der Waals surface area contributed by atoms with E-state index < -0.39 is 12.0 Å². The fraction of sp³-hybridized carbons (Fsp3) is 0.278. The second kappa shape index (κ2) is 8.40. The fourth-order valence-corrected chi connectivity index (χ4v) is 2.69. The molecule has 2 aromatic rings. The van der Waals surface area contributed by atoms with Crippen molar-refractivity contribution in [2.24, 2.45) is 0 Å². The first-order chi connectivity index (χ1) is 11.9. The monoisotopic (exact) mass is 365 g/mol. The van der Waals surface area contributed by atoms with Crippen LogP contribution in [0.25, 0.3) is 11.1 Å². The highest BCUT2D eigenvalue weighted by molar-refractivity contribution is 6.31. The van der Waals surface area contributed by atoms with E-state index in [4.69, 9.17) is 16.8 Å². The summed E-state index contributed by atoms with van der Waals surface area (Å²) in [6.07, 6.45) is -0.449. The molecule has 0 radical (unpaired) electrons. The van der Waals surface area contributed by atoms with Crippen molar-refractivity contribution >= 4 is 17.5 Å². The molecular weight excluding hydrogens is 345 g/mol. The summed E-state index contributed by atoms with van der Waals surface area (Å²) in [5.74, 6) is -0.643. The lowest BCUT2D eigenvalue weighted by molar-refractivity contribution is 0.0493. The maximum atomic E-state index is 13.3. The summed E-state index contributed by atoms with van der Waals surface area (Å²) < 4.78 is 13.3. The number of hydroxylamine groups is 1. The van der Waals surface area contributed by atoms with Gasteiger partial charge in [-0.3, -0.25) is 4.79 Å². The molecule has 2 atom stereocenters. The summed E-state index contributed by atoms with van der Waals surface area (Å²) in [6, 6.07) is 11.2. The number of benzene rings is 2. The Morgan fingerprint density at radius 3 is 2.32 bits per heavy atom. The third kappa shape index (κ3) is 4.35. The Labute approximate surface area is 151 Å². The standard InChI is InChI=1S/C18H21ClFN3O2/c1-11(17(21-2)22-25)23(3)18(24)13-6-4-12(5-7-13)14-8-9-16(20)15(19)10-14/h4-11,17,21-22,25H,1-3H3. The Bertz CT molecular complexity index is 736. The second-order valence-electron chi connectivity index (χ2n) is 5.76. The van der Waals surface area contributed by atoms with Gasteiger partial charge in [-0.05, 0) is 49.4 Å². The average Bonchev–Trinajstić information content (AvgIpc) is 2.63. The Kier molecular flexibility index (Phi) is 6.50. The van der Waals surface area contributed by atoms with Gasteiger partial charge < -0.3 is 15.4 Å². The van der Waals surface area contributed by atoms with Gasteiger partial charge >= 0.3 is 0 Å². The summed E-state index contributed by atoms with van der Waals surface area (Å²) in [5.41, 5.74) is 4.25. The molecule has 0 fully saturated rings. The van der Waals surface area contributed by atoms with Crippen LogP contribution in [0.1, 0.15) is 17.3 Å². The van der Waals surface area contributed by atoms with Crippen LogP contribution >= 0.6 is 11.6 Å². The second-order valence-corrected chi connectivity index (χ2v) is 6.17. The van der Waals surface area contributed by atoms with Gasteiger partial charge in [0.25, 0.3) is 5.91 Å². The van der Waals surface area contributed by atoms with Gasteiger partial charge in [0.05, 0.1) is 11.1 Å². The van der Waals surface area contributed by atoms with Gasteiger partial charge in [0.15, 0.2) is 0 Å². The lowest BCUT2D eigenvalue weighted by atomic mass is 10.0. The maximum absolute atomic E-state index is 13.3. The van der Waals surface area contributed by atoms with Crippen LogP contribution in [0.3, 0.4) is 0 Å². The number of carbonyl (C=O) groups excluding carboxylic acids is 1. The maximum Gasteiger partial charge on any atom is 0.253 e. The molecule has 0 heterocycles. The van der Waals surface area contributed by atoms with E-state index in [0.29, 0.717) is 5.56 Å². The molecule has 0 aliphatic heterocycles. The van der Waals surface area contributed by atoms with Crippen molar-refractivity contribution in [3.8, 4) is 11.1 Å². The zero-order valence-corrected chi connectivity index (χ0v) is 15.0. The van der Waals surface area contributed by atoms with Crippen molar-refractivity contribution < 1.29 is 14.4 Å². The minimum absolute atomic E-state index is 0.0563. The lowest BCUT2D eigenvalue weighted by Crippen LogP contribution is -2.54. The molecule has 2 aromatic carbocycles. The first-order valence-electron chi connectivity index (χ1n) is 7.78. The molecule has 0 aliphatic rings. The van der Waals surface area contributed by atoms with Gasteiger partial charge in [-0.25, -0.2) is 4.39 Å². The van der Waals surface area contributed by atoms with E-state index in [1.807, 2.05) is 6.92 Å². The molecule has 2 rings (SSSR count). The zero-order chi connectivity index (χ0) is 18.6. The van der Waals surface area contributed by atoms with Crippen molar-refractivity contribution in [2.45, 2.75) is 19.1 Å². The SMILES string of the molecule is CNC(NO)C(C)N(C)C(=O)c1ccc(-c2ccc(F)c(Cl)c2)cc1. The van der Waals surface area contributed by atoms with Gasteiger partial charge in [0, 0.05) is 12.6 Å². The summed E-state index contributed by atoms with van der Waals surface area (Å²) in [5, 5.41) is 12.1. The van der Waals surface area contributed by atoms with E-state index in [-0.39, 0.29) is 17.0 Å². The summed E-state index contributed by atoms with van der Waals surface area (Å²) >= 11 is 5.81. The number of carbonyl (C=O) groups is 1. The molecule has 1 amide bonds. The molecule has 0 saturated carbocycles. The third-order valence-electron chi connectivity index (χ3n) is 4.25. The molecular formula is C18H21ClFN3O2. The van der Waals surface area contributed by atoms with Gasteiger partial charge in [-0.2, -0.15) is 5.48 Å². The number of nitrogens with zero attached hydrogens (tertiary/aromatic N) is 1. The van der Waals surface area contributed by atoms with E-state index >= 15 is 0 Å². The molecule has 3 N–H and O–H groups in total. The van der Waals surface area contributed by atoms with Gasteiger partial charge in [-0.1, -0.05) is 29.8 Å². The van der Waals surface area contributed by atoms with Crippen LogP contribution < -0.4 is 10.8 Å². The Morgan fingerprint density at radius 2 is 1.80 bits per heavy atom. The van der Waals surface area contributed by atoms with E-state index in [0.717, 1.165) is 11.1 Å². The van der Waals surface area contributed by atoms with Crippen LogP contribution in [0, 0.1) is 5.82 Å². The molecule has 0 aliphatic carbocycles. The summed E-state index contributed by atoms with van der Waals surface area (Å²) in [4.78, 5) is 14.1. The number of amides is 1. The van der Waals surface area contributed by atoms with E-state index in [2.05, 4.69) is 10.8 Å². The lowest BCUT2D eigenvalue weighted by Gasteiger charge is -2.31. The molecule has 0 aromatic heterocycles. The Balaban J connectivity index is 2.18. The number of hydrogen-bond acceptors (Lipinski definition) is 4. The van der Waals surface area contributed by atoms with Crippen LogP contribution in [0.15, 0.2) is 42.5 Å². The minimum Gasteiger partial charge on any atom is -0.336 e. The van der Waals surface area contributed by atoms with Crippen molar-refractivity contribution in [1.29, 1.82) is 0 Å². The highest BCUT2D eigenvalue weighted by Gasteiger charge is 2.23. The van der Waals surface area contributed by atoms with Gasteiger partial charge in [0.2, 0.25) is 0 Å². The van der Waals surface area contributed by atoms with Crippen LogP contribution in [-0.4, -0.2) is 42.3 Å². The summed E-state index contributed by atoms with van der Waals surface area (Å²) in [6.45, 7) is 1.82. The zero-order valence-electron chi connectivity index (χ0n) is 14.3. The predicted octanol–water partition coefficient (Wildman–Crippen LogP) is 3.13. The molecule has 0 bridgehead atoms. The highest BCUT2D eigenvalue weighted by atomic mass is 35.5. The topological polar surface area (TPSA) is 64.6 Å². The third-order valence-corrected chi connectivity index (χ3v) is 4.54. The molecule has 134 valence electrons. The van der Waals surface area contributed by atoms with E-state index in [9.17, 15) is 9.18 Å². The Morgan fingerprint density at radius 1 is 1.20 bits per heavy atom. The van der Waals surface area contributed by atoms with Crippen molar-refractivity contribution in [2.75, 3.05) is 14.1 Å². The Hall–Kier alpha value is -1.99. The average molecular weight is 366 g/mol. The largest absolute Gasteiger partial charge is 0.336 e. The smallest absolute Gasteiger partial charge is 0.253 e. The van der Waals surface area contributed by atoms with Crippen molar-refractivity contribution in [3.05, 3.63) is 58.9 Å².